The second-order valence-corrected chi connectivity index (χ2v) is 8.67. The summed E-state index contributed by atoms with van der Waals surface area (Å²) in [7, 11) is -3.68. The second kappa shape index (κ2) is 8.08. The number of carbonyl (C=O) groups excluding carboxylic acids is 1. The molecular weight excluding hydrogens is 367 g/mol. The molecule has 0 heterocycles. The Morgan fingerprint density at radius 3 is 2.22 bits per heavy atom. The Labute approximate surface area is 160 Å². The van der Waals surface area contributed by atoms with Crippen molar-refractivity contribution in [3.05, 3.63) is 65.0 Å². The van der Waals surface area contributed by atoms with E-state index in [1.54, 1.807) is 39.0 Å². The van der Waals surface area contributed by atoms with Crippen LogP contribution in [0.2, 0.25) is 0 Å². The molecule has 2 aromatic rings. The van der Waals surface area contributed by atoms with Gasteiger partial charge in [0.25, 0.3) is 0 Å². The van der Waals surface area contributed by atoms with Crippen molar-refractivity contribution >= 4 is 21.6 Å². The Balaban J connectivity index is 2.30. The van der Waals surface area contributed by atoms with E-state index in [0.29, 0.717) is 5.69 Å². The van der Waals surface area contributed by atoms with Crippen LogP contribution in [0.5, 0.6) is 0 Å². The van der Waals surface area contributed by atoms with Crippen LogP contribution in [0.15, 0.2) is 42.5 Å². The standard InChI is InChI=1S/C20H25FN2O3S/c1-13-6-7-14(2)19(12-13)23(27(5,25)26)16(4)20(24)22-15(3)17-8-10-18(21)11-9-17/h6-12,15-16H,1-5H3,(H,22,24)/t15-,16-/m1/s1. The molecule has 0 saturated heterocycles. The van der Waals surface area contributed by atoms with E-state index in [1.807, 2.05) is 19.1 Å². The van der Waals surface area contributed by atoms with Crippen LogP contribution in [0.25, 0.3) is 0 Å². The summed E-state index contributed by atoms with van der Waals surface area (Å²) in [6.45, 7) is 6.99. The second-order valence-electron chi connectivity index (χ2n) is 6.81. The third kappa shape index (κ3) is 5.07. The van der Waals surface area contributed by atoms with Crippen LogP contribution < -0.4 is 9.62 Å². The molecule has 0 unspecified atom stereocenters. The number of hydrogen-bond donors (Lipinski definition) is 1. The molecule has 0 aliphatic rings. The summed E-state index contributed by atoms with van der Waals surface area (Å²) in [6.07, 6.45) is 1.09. The Morgan fingerprint density at radius 1 is 1.07 bits per heavy atom. The Hall–Kier alpha value is -2.41. The van der Waals surface area contributed by atoms with Gasteiger partial charge in [0.2, 0.25) is 15.9 Å². The zero-order valence-electron chi connectivity index (χ0n) is 16.2. The summed E-state index contributed by atoms with van der Waals surface area (Å²) in [5.74, 6) is -0.790. The molecule has 0 saturated carbocycles. The maximum absolute atomic E-state index is 13.1. The fraction of sp³-hybridized carbons (Fsp3) is 0.350. The Bertz CT molecular complexity index is 927. The first-order chi connectivity index (χ1) is 12.5. The number of nitrogens with zero attached hydrogens (tertiary/aromatic N) is 1. The molecule has 0 aliphatic carbocycles. The van der Waals surface area contributed by atoms with E-state index >= 15 is 0 Å². The predicted molar refractivity (Wildman–Crippen MR) is 106 cm³/mol. The summed E-state index contributed by atoms with van der Waals surface area (Å²) >= 11 is 0. The van der Waals surface area contributed by atoms with Crippen LogP contribution in [-0.4, -0.2) is 26.6 Å². The number of carbonyl (C=O) groups is 1. The zero-order valence-corrected chi connectivity index (χ0v) is 17.0. The van der Waals surface area contributed by atoms with Crippen molar-refractivity contribution < 1.29 is 17.6 Å². The van der Waals surface area contributed by atoms with Crippen molar-refractivity contribution in [3.8, 4) is 0 Å². The topological polar surface area (TPSA) is 66.5 Å². The molecule has 0 fully saturated rings. The molecule has 0 spiro atoms. The molecule has 1 amide bonds. The van der Waals surface area contributed by atoms with Gasteiger partial charge < -0.3 is 5.32 Å². The van der Waals surface area contributed by atoms with Gasteiger partial charge in [-0.1, -0.05) is 24.3 Å². The van der Waals surface area contributed by atoms with Gasteiger partial charge in [-0.15, -0.1) is 0 Å². The molecule has 2 aromatic carbocycles. The van der Waals surface area contributed by atoms with Gasteiger partial charge >= 0.3 is 0 Å². The summed E-state index contributed by atoms with van der Waals surface area (Å²) in [4.78, 5) is 12.8. The average molecular weight is 392 g/mol. The number of aryl methyl sites for hydroxylation is 2. The molecule has 0 aromatic heterocycles. The molecule has 146 valence electrons. The van der Waals surface area contributed by atoms with Gasteiger partial charge in [-0.25, -0.2) is 12.8 Å². The van der Waals surface area contributed by atoms with Crippen LogP contribution in [0.1, 0.15) is 36.6 Å². The maximum Gasteiger partial charge on any atom is 0.244 e. The number of rotatable bonds is 6. The van der Waals surface area contributed by atoms with Crippen molar-refractivity contribution in [1.82, 2.24) is 5.32 Å². The number of amides is 1. The number of hydrogen-bond acceptors (Lipinski definition) is 3. The lowest BCUT2D eigenvalue weighted by molar-refractivity contribution is -0.122. The van der Waals surface area contributed by atoms with E-state index in [-0.39, 0.29) is 11.9 Å². The number of sulfonamides is 1. The lowest BCUT2D eigenvalue weighted by Gasteiger charge is -2.30. The summed E-state index contributed by atoms with van der Waals surface area (Å²) in [5, 5.41) is 2.80. The van der Waals surface area contributed by atoms with E-state index < -0.39 is 22.0 Å². The van der Waals surface area contributed by atoms with Crippen LogP contribution >= 0.6 is 0 Å². The van der Waals surface area contributed by atoms with E-state index in [1.165, 1.54) is 12.1 Å². The molecule has 0 aliphatic heterocycles. The molecule has 0 bridgehead atoms. The minimum Gasteiger partial charge on any atom is -0.348 e. The molecule has 2 rings (SSSR count). The van der Waals surface area contributed by atoms with E-state index in [9.17, 15) is 17.6 Å². The molecule has 1 N–H and O–H groups in total. The van der Waals surface area contributed by atoms with Gasteiger partial charge in [0.15, 0.2) is 0 Å². The molecule has 0 radical (unpaired) electrons. The Kier molecular flexibility index (Phi) is 6.26. The van der Waals surface area contributed by atoms with Crippen LogP contribution in [0.4, 0.5) is 10.1 Å². The summed E-state index contributed by atoms with van der Waals surface area (Å²) < 4.78 is 39.1. The molecule has 5 nitrogen and oxygen atoms in total. The first-order valence-corrected chi connectivity index (χ1v) is 10.5. The first kappa shape index (κ1) is 20.9. The first-order valence-electron chi connectivity index (χ1n) is 8.63. The van der Waals surface area contributed by atoms with E-state index in [0.717, 1.165) is 27.3 Å². The van der Waals surface area contributed by atoms with Gasteiger partial charge in [-0.3, -0.25) is 9.10 Å². The minimum atomic E-state index is -3.68. The van der Waals surface area contributed by atoms with Crippen molar-refractivity contribution in [2.24, 2.45) is 0 Å². The normalized spacial score (nSPS) is 13.7. The van der Waals surface area contributed by atoms with Gasteiger partial charge in [-0.05, 0) is 62.6 Å². The summed E-state index contributed by atoms with van der Waals surface area (Å²) in [6, 6.07) is 9.96. The van der Waals surface area contributed by atoms with Crippen LogP contribution in [0, 0.1) is 19.7 Å². The zero-order chi connectivity index (χ0) is 20.4. The highest BCUT2D eigenvalue weighted by molar-refractivity contribution is 7.92. The van der Waals surface area contributed by atoms with Crippen molar-refractivity contribution in [2.75, 3.05) is 10.6 Å². The van der Waals surface area contributed by atoms with E-state index in [2.05, 4.69) is 5.32 Å². The van der Waals surface area contributed by atoms with E-state index in [4.69, 9.17) is 0 Å². The predicted octanol–water partition coefficient (Wildman–Crippen LogP) is 3.47. The number of halogens is 1. The highest BCUT2D eigenvalue weighted by atomic mass is 32.2. The lowest BCUT2D eigenvalue weighted by atomic mass is 10.1. The average Bonchev–Trinajstić information content (AvgIpc) is 2.57. The number of benzene rings is 2. The smallest absolute Gasteiger partial charge is 0.244 e. The quantitative estimate of drug-likeness (QED) is 0.819. The highest BCUT2D eigenvalue weighted by Crippen LogP contribution is 2.26. The molecule has 2 atom stereocenters. The minimum absolute atomic E-state index is 0.358. The van der Waals surface area contributed by atoms with Gasteiger partial charge in [0.05, 0.1) is 18.0 Å². The molecule has 7 heteroatoms. The lowest BCUT2D eigenvalue weighted by Crippen LogP contribution is -2.48. The largest absolute Gasteiger partial charge is 0.348 e. The number of anilines is 1. The SMILES string of the molecule is Cc1ccc(C)c(N([C@H](C)C(=O)N[C@H](C)c2ccc(F)cc2)S(C)(=O)=O)c1. The van der Waals surface area contributed by atoms with Crippen LogP contribution in [-0.2, 0) is 14.8 Å². The van der Waals surface area contributed by atoms with Crippen molar-refractivity contribution in [2.45, 2.75) is 39.8 Å². The maximum atomic E-state index is 13.1. The van der Waals surface area contributed by atoms with Crippen molar-refractivity contribution in [1.29, 1.82) is 0 Å². The third-order valence-electron chi connectivity index (χ3n) is 4.42. The molecular formula is C20H25FN2O3S. The van der Waals surface area contributed by atoms with Crippen molar-refractivity contribution in [3.63, 3.8) is 0 Å². The summed E-state index contributed by atoms with van der Waals surface area (Å²) in [5.41, 5.74) is 2.87. The third-order valence-corrected chi connectivity index (χ3v) is 5.65. The highest BCUT2D eigenvalue weighted by Gasteiger charge is 2.30. The van der Waals surface area contributed by atoms with Gasteiger partial charge in [-0.2, -0.15) is 0 Å². The number of nitrogens with one attached hydrogen (secondary N) is 1. The monoisotopic (exact) mass is 392 g/mol. The van der Waals surface area contributed by atoms with Gasteiger partial charge in [0, 0.05) is 0 Å². The van der Waals surface area contributed by atoms with Gasteiger partial charge in [0.1, 0.15) is 11.9 Å². The Morgan fingerprint density at radius 2 is 1.67 bits per heavy atom. The molecule has 27 heavy (non-hydrogen) atoms. The fourth-order valence-electron chi connectivity index (χ4n) is 2.91. The fourth-order valence-corrected chi connectivity index (χ4v) is 4.13. The van der Waals surface area contributed by atoms with Crippen LogP contribution in [0.3, 0.4) is 0 Å².